The molecule has 1 aromatic heterocycles. The Hall–Kier alpha value is -1.15. The molecule has 1 aromatic carbocycles. The van der Waals surface area contributed by atoms with E-state index in [1.807, 2.05) is 16.8 Å². The normalized spacial score (nSPS) is 16.8. The maximum Gasteiger partial charge on any atom is 0.0846 e. The number of nitrogens with zero attached hydrogens (tertiary/aromatic N) is 1. The van der Waals surface area contributed by atoms with Crippen LogP contribution in [0.25, 0.3) is 11.3 Å². The molecule has 0 saturated carbocycles. The number of thiazole rings is 1. The van der Waals surface area contributed by atoms with E-state index in [1.165, 1.54) is 66.6 Å². The van der Waals surface area contributed by atoms with Gasteiger partial charge >= 0.3 is 0 Å². The summed E-state index contributed by atoms with van der Waals surface area (Å²) in [5.41, 5.74) is 6.16. The van der Waals surface area contributed by atoms with Gasteiger partial charge < -0.3 is 0 Å². The van der Waals surface area contributed by atoms with Crippen LogP contribution in [0.1, 0.15) is 61.8 Å². The van der Waals surface area contributed by atoms with Crippen LogP contribution in [0.2, 0.25) is 0 Å². The molecule has 1 heterocycles. The predicted octanol–water partition coefficient (Wildman–Crippen LogP) is 5.81. The Labute approximate surface area is 126 Å². The first kappa shape index (κ1) is 13.8. The fraction of sp³-hybridized carbons (Fsp3) is 0.500. The van der Waals surface area contributed by atoms with Crippen LogP contribution in [-0.4, -0.2) is 4.98 Å². The molecule has 1 atom stereocenters. The van der Waals surface area contributed by atoms with Crippen molar-refractivity contribution in [3.63, 3.8) is 0 Å². The molecule has 2 aromatic rings. The summed E-state index contributed by atoms with van der Waals surface area (Å²) in [5.74, 6) is 0.709. The van der Waals surface area contributed by atoms with Crippen LogP contribution in [0.5, 0.6) is 0 Å². The highest BCUT2D eigenvalue weighted by Crippen LogP contribution is 2.42. The highest BCUT2D eigenvalue weighted by atomic mass is 32.1. The van der Waals surface area contributed by atoms with Gasteiger partial charge in [-0.1, -0.05) is 63.3 Å². The van der Waals surface area contributed by atoms with Gasteiger partial charge in [0, 0.05) is 10.4 Å². The minimum atomic E-state index is 0.709. The maximum absolute atomic E-state index is 4.57. The molecule has 0 spiro atoms. The van der Waals surface area contributed by atoms with Crippen molar-refractivity contribution in [1.82, 2.24) is 4.98 Å². The third kappa shape index (κ3) is 2.80. The largest absolute Gasteiger partial charge is 0.244 e. The highest BCUT2D eigenvalue weighted by Gasteiger charge is 2.25. The topological polar surface area (TPSA) is 12.9 Å². The first-order valence-electron chi connectivity index (χ1n) is 7.91. The summed E-state index contributed by atoms with van der Waals surface area (Å²) in [6, 6.07) is 8.89. The number of benzene rings is 1. The van der Waals surface area contributed by atoms with Gasteiger partial charge in [0.05, 0.1) is 11.2 Å². The molecule has 0 fully saturated rings. The smallest absolute Gasteiger partial charge is 0.0846 e. The SMILES string of the molecule is CCCCCCCC1Cc2scnc2-c2ccccc21. The van der Waals surface area contributed by atoms with Gasteiger partial charge in [0.1, 0.15) is 0 Å². The van der Waals surface area contributed by atoms with E-state index in [9.17, 15) is 0 Å². The average molecular weight is 285 g/mol. The van der Waals surface area contributed by atoms with E-state index in [1.54, 1.807) is 0 Å². The molecule has 1 aliphatic carbocycles. The van der Waals surface area contributed by atoms with Crippen molar-refractivity contribution in [2.45, 2.75) is 57.8 Å². The van der Waals surface area contributed by atoms with Gasteiger partial charge in [-0.15, -0.1) is 11.3 Å². The third-order valence-electron chi connectivity index (χ3n) is 4.38. The summed E-state index contributed by atoms with van der Waals surface area (Å²) in [4.78, 5) is 6.06. The maximum atomic E-state index is 4.57. The molecule has 1 aliphatic rings. The van der Waals surface area contributed by atoms with E-state index in [-0.39, 0.29) is 0 Å². The second-order valence-electron chi connectivity index (χ2n) is 5.82. The van der Waals surface area contributed by atoms with Crippen LogP contribution >= 0.6 is 11.3 Å². The standard InChI is InChI=1S/C18H23NS/c1-2-3-4-5-6-9-14-12-17-18(19-13-20-17)16-11-8-7-10-15(14)16/h7-8,10-11,13-14H,2-6,9,12H2,1H3. The lowest BCUT2D eigenvalue weighted by Crippen LogP contribution is -2.10. The number of rotatable bonds is 6. The zero-order chi connectivity index (χ0) is 13.8. The van der Waals surface area contributed by atoms with Crippen LogP contribution in [0.4, 0.5) is 0 Å². The number of fused-ring (bicyclic) bond motifs is 3. The van der Waals surface area contributed by atoms with Crippen molar-refractivity contribution >= 4 is 11.3 Å². The molecule has 0 aliphatic heterocycles. The third-order valence-corrected chi connectivity index (χ3v) is 5.24. The predicted molar refractivity (Wildman–Crippen MR) is 87.4 cm³/mol. The van der Waals surface area contributed by atoms with E-state index in [0.29, 0.717) is 5.92 Å². The summed E-state index contributed by atoms with van der Waals surface area (Å²) in [7, 11) is 0. The summed E-state index contributed by atoms with van der Waals surface area (Å²) in [5, 5.41) is 0. The lowest BCUT2D eigenvalue weighted by molar-refractivity contribution is 0.542. The molecule has 0 radical (unpaired) electrons. The summed E-state index contributed by atoms with van der Waals surface area (Å²) in [6.45, 7) is 2.28. The molecular formula is C18H23NS. The van der Waals surface area contributed by atoms with Crippen molar-refractivity contribution in [3.8, 4) is 11.3 Å². The Morgan fingerprint density at radius 3 is 2.90 bits per heavy atom. The van der Waals surface area contributed by atoms with Crippen molar-refractivity contribution < 1.29 is 0 Å². The highest BCUT2D eigenvalue weighted by molar-refractivity contribution is 7.10. The van der Waals surface area contributed by atoms with E-state index < -0.39 is 0 Å². The zero-order valence-corrected chi connectivity index (χ0v) is 13.1. The molecular weight excluding hydrogens is 262 g/mol. The fourth-order valence-corrected chi connectivity index (χ4v) is 4.15. The Morgan fingerprint density at radius 2 is 2.00 bits per heavy atom. The van der Waals surface area contributed by atoms with Crippen LogP contribution < -0.4 is 0 Å². The molecule has 0 bridgehead atoms. The van der Waals surface area contributed by atoms with Crippen LogP contribution in [0.3, 0.4) is 0 Å². The molecule has 3 rings (SSSR count). The van der Waals surface area contributed by atoms with Crippen molar-refractivity contribution in [2.24, 2.45) is 0 Å². The lowest BCUT2D eigenvalue weighted by atomic mass is 9.81. The number of aromatic nitrogens is 1. The van der Waals surface area contributed by atoms with Gasteiger partial charge in [0.25, 0.3) is 0 Å². The van der Waals surface area contributed by atoms with E-state index in [4.69, 9.17) is 0 Å². The minimum Gasteiger partial charge on any atom is -0.244 e. The van der Waals surface area contributed by atoms with Crippen molar-refractivity contribution in [1.29, 1.82) is 0 Å². The first-order valence-corrected chi connectivity index (χ1v) is 8.79. The zero-order valence-electron chi connectivity index (χ0n) is 12.3. The van der Waals surface area contributed by atoms with Gasteiger partial charge in [-0.2, -0.15) is 0 Å². The Morgan fingerprint density at radius 1 is 1.15 bits per heavy atom. The Balaban J connectivity index is 1.71. The second-order valence-corrected chi connectivity index (χ2v) is 6.75. The molecule has 2 heteroatoms. The van der Waals surface area contributed by atoms with Gasteiger partial charge in [-0.05, 0) is 24.3 Å². The minimum absolute atomic E-state index is 0.709. The lowest BCUT2D eigenvalue weighted by Gasteiger charge is -2.24. The molecule has 0 amide bonds. The number of unbranched alkanes of at least 4 members (excludes halogenated alkanes) is 4. The van der Waals surface area contributed by atoms with E-state index >= 15 is 0 Å². The van der Waals surface area contributed by atoms with Crippen molar-refractivity contribution in [2.75, 3.05) is 0 Å². The molecule has 1 unspecified atom stereocenters. The van der Waals surface area contributed by atoms with E-state index in [2.05, 4.69) is 36.2 Å². The van der Waals surface area contributed by atoms with Crippen LogP contribution in [-0.2, 0) is 6.42 Å². The first-order chi connectivity index (χ1) is 9.90. The average Bonchev–Trinajstić information content (AvgIpc) is 2.95. The van der Waals surface area contributed by atoms with E-state index in [0.717, 1.165) is 0 Å². The van der Waals surface area contributed by atoms with Gasteiger partial charge in [0.2, 0.25) is 0 Å². The monoisotopic (exact) mass is 285 g/mol. The Bertz CT molecular complexity index is 558. The second kappa shape index (κ2) is 6.53. The molecule has 0 N–H and O–H groups in total. The quantitative estimate of drug-likeness (QED) is 0.610. The molecule has 20 heavy (non-hydrogen) atoms. The molecule has 0 saturated heterocycles. The van der Waals surface area contributed by atoms with Gasteiger partial charge in [-0.25, -0.2) is 4.98 Å². The molecule has 1 nitrogen and oxygen atoms in total. The summed E-state index contributed by atoms with van der Waals surface area (Å²) < 4.78 is 0. The van der Waals surface area contributed by atoms with Crippen LogP contribution in [0, 0.1) is 0 Å². The summed E-state index contributed by atoms with van der Waals surface area (Å²) >= 11 is 1.83. The fourth-order valence-electron chi connectivity index (χ4n) is 3.29. The van der Waals surface area contributed by atoms with Gasteiger partial charge in [0.15, 0.2) is 0 Å². The molecule has 106 valence electrons. The number of hydrogen-bond donors (Lipinski definition) is 0. The van der Waals surface area contributed by atoms with Gasteiger partial charge in [-0.3, -0.25) is 0 Å². The van der Waals surface area contributed by atoms with Crippen LogP contribution in [0.15, 0.2) is 29.8 Å². The number of hydrogen-bond acceptors (Lipinski definition) is 2. The van der Waals surface area contributed by atoms with Crippen molar-refractivity contribution in [3.05, 3.63) is 40.2 Å². The summed E-state index contributed by atoms with van der Waals surface area (Å²) in [6.07, 6.45) is 9.41. The Kier molecular flexibility index (Phi) is 4.51.